The van der Waals surface area contributed by atoms with Crippen molar-refractivity contribution in [1.82, 2.24) is 0 Å². The van der Waals surface area contributed by atoms with Gasteiger partial charge < -0.3 is 9.52 Å². The van der Waals surface area contributed by atoms with Crippen molar-refractivity contribution in [3.63, 3.8) is 0 Å². The van der Waals surface area contributed by atoms with Gasteiger partial charge in [0.25, 0.3) is 0 Å². The Kier molecular flexibility index (Phi) is 3.15. The molecule has 12 heavy (non-hydrogen) atoms. The van der Waals surface area contributed by atoms with Gasteiger partial charge >= 0.3 is 0 Å². The van der Waals surface area contributed by atoms with Crippen LogP contribution in [0.5, 0.6) is 0 Å². The molecule has 1 aromatic heterocycles. The molecule has 0 spiro atoms. The summed E-state index contributed by atoms with van der Waals surface area (Å²) < 4.78 is 5.01. The second-order valence-corrected chi connectivity index (χ2v) is 2.24. The topological polar surface area (TPSA) is 33.4 Å². The van der Waals surface area contributed by atoms with E-state index in [2.05, 4.69) is 12.3 Å². The van der Waals surface area contributed by atoms with Crippen LogP contribution in [0.15, 0.2) is 47.3 Å². The first kappa shape index (κ1) is 8.60. The Morgan fingerprint density at radius 3 is 3.08 bits per heavy atom. The van der Waals surface area contributed by atoms with Gasteiger partial charge in [-0.25, -0.2) is 0 Å². The highest BCUT2D eigenvalue weighted by Crippen LogP contribution is 2.03. The summed E-state index contributed by atoms with van der Waals surface area (Å²) in [6, 6.07) is 3.59. The van der Waals surface area contributed by atoms with Crippen LogP contribution < -0.4 is 0 Å². The van der Waals surface area contributed by atoms with Crippen LogP contribution in [-0.2, 0) is 0 Å². The molecule has 0 bridgehead atoms. The summed E-state index contributed by atoms with van der Waals surface area (Å²) in [5.41, 5.74) is 2.49. The highest BCUT2D eigenvalue weighted by molar-refractivity contribution is 5.43. The van der Waals surface area contributed by atoms with Crippen molar-refractivity contribution in [2.45, 2.75) is 6.10 Å². The molecule has 1 heterocycles. The molecule has 0 aliphatic heterocycles. The molecule has 0 aromatic carbocycles. The number of hydrogen-bond donors (Lipinski definition) is 1. The zero-order valence-electron chi connectivity index (χ0n) is 6.60. The minimum Gasteiger partial charge on any atom is -0.465 e. The Labute approximate surface area is 71.1 Å². The first-order chi connectivity index (χ1) is 5.83. The zero-order chi connectivity index (χ0) is 8.81. The van der Waals surface area contributed by atoms with E-state index in [-0.39, 0.29) is 0 Å². The van der Waals surface area contributed by atoms with Crippen LogP contribution in [0.25, 0.3) is 6.08 Å². The van der Waals surface area contributed by atoms with E-state index < -0.39 is 6.10 Å². The van der Waals surface area contributed by atoms with Gasteiger partial charge in [0.1, 0.15) is 5.76 Å². The third-order valence-corrected chi connectivity index (χ3v) is 1.29. The maximum atomic E-state index is 9.16. The molecule has 0 amide bonds. The van der Waals surface area contributed by atoms with Crippen molar-refractivity contribution in [1.29, 1.82) is 0 Å². The number of hydrogen-bond acceptors (Lipinski definition) is 2. The van der Waals surface area contributed by atoms with E-state index in [1.54, 1.807) is 30.5 Å². The van der Waals surface area contributed by atoms with Crippen LogP contribution in [0.4, 0.5) is 0 Å². The predicted octanol–water partition coefficient (Wildman–Crippen LogP) is 1.99. The summed E-state index contributed by atoms with van der Waals surface area (Å²) in [6.07, 6.45) is 5.68. The monoisotopic (exact) mass is 162 g/mol. The van der Waals surface area contributed by atoms with Crippen LogP contribution in [0, 0.1) is 0 Å². The van der Waals surface area contributed by atoms with Crippen molar-refractivity contribution in [3.8, 4) is 0 Å². The standard InChI is InChI=1S/C10H10O2/c1-2-4-9(11)6-7-10-5-3-8-12-10/h3-9,11H,1H2/b7-6+. The SMILES string of the molecule is C=C=CC(O)/C=C/c1ccco1. The van der Waals surface area contributed by atoms with Crippen molar-refractivity contribution in [2.24, 2.45) is 0 Å². The summed E-state index contributed by atoms with van der Waals surface area (Å²) in [7, 11) is 0. The highest BCUT2D eigenvalue weighted by atomic mass is 16.3. The molecule has 1 atom stereocenters. The molecule has 1 aromatic rings. The molecule has 1 N–H and O–H groups in total. The Balaban J connectivity index is 2.56. The quantitative estimate of drug-likeness (QED) is 0.689. The lowest BCUT2D eigenvalue weighted by Gasteiger charge is -1.92. The fourth-order valence-corrected chi connectivity index (χ4v) is 0.756. The lowest BCUT2D eigenvalue weighted by molar-refractivity contribution is 0.272. The number of aliphatic hydroxyl groups is 1. The maximum absolute atomic E-state index is 9.16. The fourth-order valence-electron chi connectivity index (χ4n) is 0.756. The molecule has 0 aliphatic carbocycles. The van der Waals surface area contributed by atoms with E-state index in [4.69, 9.17) is 9.52 Å². The van der Waals surface area contributed by atoms with Crippen LogP contribution in [0.1, 0.15) is 5.76 Å². The lowest BCUT2D eigenvalue weighted by atomic mass is 10.3. The second-order valence-electron chi connectivity index (χ2n) is 2.24. The summed E-state index contributed by atoms with van der Waals surface area (Å²) in [4.78, 5) is 0. The van der Waals surface area contributed by atoms with Gasteiger partial charge in [0.15, 0.2) is 0 Å². The van der Waals surface area contributed by atoms with Gasteiger partial charge in [0.05, 0.1) is 12.4 Å². The predicted molar refractivity (Wildman–Crippen MR) is 47.5 cm³/mol. The van der Waals surface area contributed by atoms with Crippen molar-refractivity contribution >= 4 is 6.08 Å². The Hall–Kier alpha value is -1.50. The average molecular weight is 162 g/mol. The minimum atomic E-state index is -0.646. The van der Waals surface area contributed by atoms with E-state index in [1.165, 1.54) is 6.08 Å². The van der Waals surface area contributed by atoms with Gasteiger partial charge in [-0.3, -0.25) is 0 Å². The molecule has 0 saturated heterocycles. The summed E-state index contributed by atoms with van der Waals surface area (Å²) in [5, 5.41) is 9.16. The summed E-state index contributed by atoms with van der Waals surface area (Å²) >= 11 is 0. The zero-order valence-corrected chi connectivity index (χ0v) is 6.60. The molecule has 0 fully saturated rings. The van der Waals surface area contributed by atoms with E-state index >= 15 is 0 Å². The molecule has 0 radical (unpaired) electrons. The van der Waals surface area contributed by atoms with Crippen LogP contribution in [0.2, 0.25) is 0 Å². The number of furan rings is 1. The molecule has 1 unspecified atom stereocenters. The van der Waals surface area contributed by atoms with Crippen LogP contribution in [-0.4, -0.2) is 11.2 Å². The van der Waals surface area contributed by atoms with E-state index in [0.717, 1.165) is 0 Å². The first-order valence-electron chi connectivity index (χ1n) is 3.58. The molecule has 62 valence electrons. The maximum Gasteiger partial charge on any atom is 0.126 e. The first-order valence-corrected chi connectivity index (χ1v) is 3.58. The van der Waals surface area contributed by atoms with Gasteiger partial charge in [0, 0.05) is 0 Å². The Bertz CT molecular complexity index is 290. The largest absolute Gasteiger partial charge is 0.465 e. The molecule has 2 heteroatoms. The van der Waals surface area contributed by atoms with Crippen LogP contribution in [0.3, 0.4) is 0 Å². The van der Waals surface area contributed by atoms with Gasteiger partial charge in [-0.1, -0.05) is 6.58 Å². The van der Waals surface area contributed by atoms with Crippen molar-refractivity contribution < 1.29 is 9.52 Å². The highest BCUT2D eigenvalue weighted by Gasteiger charge is 1.91. The Morgan fingerprint density at radius 1 is 1.67 bits per heavy atom. The molecule has 0 aliphatic rings. The lowest BCUT2D eigenvalue weighted by Crippen LogP contribution is -1.93. The third kappa shape index (κ3) is 2.62. The van der Waals surface area contributed by atoms with Crippen molar-refractivity contribution in [3.05, 3.63) is 48.6 Å². The fraction of sp³-hybridized carbons (Fsp3) is 0.100. The van der Waals surface area contributed by atoms with Gasteiger partial charge in [0.2, 0.25) is 0 Å². The molecule has 0 saturated carbocycles. The molecular weight excluding hydrogens is 152 g/mol. The minimum absolute atomic E-state index is 0.646. The van der Waals surface area contributed by atoms with E-state index in [0.29, 0.717) is 5.76 Å². The molecule has 1 rings (SSSR count). The number of aliphatic hydroxyl groups excluding tert-OH is 1. The van der Waals surface area contributed by atoms with E-state index in [1.807, 2.05) is 0 Å². The third-order valence-electron chi connectivity index (χ3n) is 1.29. The smallest absolute Gasteiger partial charge is 0.126 e. The normalized spacial score (nSPS) is 12.8. The molecule has 2 nitrogen and oxygen atoms in total. The van der Waals surface area contributed by atoms with Gasteiger partial charge in [-0.2, -0.15) is 0 Å². The summed E-state index contributed by atoms with van der Waals surface area (Å²) in [5.74, 6) is 0.714. The number of rotatable bonds is 3. The van der Waals surface area contributed by atoms with Gasteiger partial charge in [-0.15, -0.1) is 5.73 Å². The van der Waals surface area contributed by atoms with E-state index in [9.17, 15) is 0 Å². The van der Waals surface area contributed by atoms with Gasteiger partial charge in [-0.05, 0) is 30.4 Å². The second kappa shape index (κ2) is 4.39. The van der Waals surface area contributed by atoms with Crippen molar-refractivity contribution in [2.75, 3.05) is 0 Å². The van der Waals surface area contributed by atoms with Crippen LogP contribution >= 0.6 is 0 Å². The molecular formula is C10H10O2. The summed E-state index contributed by atoms with van der Waals surface area (Å²) in [6.45, 7) is 3.35. The Morgan fingerprint density at radius 2 is 2.50 bits per heavy atom. The average Bonchev–Trinajstić information content (AvgIpc) is 2.53.